The summed E-state index contributed by atoms with van der Waals surface area (Å²) in [5, 5.41) is 3.34. The number of benzene rings is 1. The maximum absolute atomic E-state index is 12.3. The molecule has 0 radical (unpaired) electrons. The third-order valence-electron chi connectivity index (χ3n) is 4.11. The largest absolute Gasteiger partial charge is 0.326 e. The number of nitrogens with one attached hydrogen (secondary N) is 1. The maximum atomic E-state index is 12.3. The number of hydrogen-bond donors (Lipinski definition) is 1. The molecule has 1 fully saturated rings. The van der Waals surface area contributed by atoms with Gasteiger partial charge in [-0.05, 0) is 31.2 Å². The predicted octanol–water partition coefficient (Wildman–Crippen LogP) is 2.42. The fourth-order valence-electron chi connectivity index (χ4n) is 2.46. The monoisotopic (exact) mass is 260 g/mol. The molecule has 2 unspecified atom stereocenters. The zero-order chi connectivity index (χ0) is 13.8. The van der Waals surface area contributed by atoms with E-state index >= 15 is 0 Å². The van der Waals surface area contributed by atoms with Crippen molar-refractivity contribution in [1.82, 2.24) is 10.2 Å². The van der Waals surface area contributed by atoms with Crippen LogP contribution in [0, 0.1) is 5.92 Å². The smallest absolute Gasteiger partial charge is 0.241 e. The Morgan fingerprint density at radius 1 is 1.26 bits per heavy atom. The highest BCUT2D eigenvalue weighted by molar-refractivity contribution is 5.84. The highest BCUT2D eigenvalue weighted by Crippen LogP contribution is 2.17. The van der Waals surface area contributed by atoms with Gasteiger partial charge in [0.1, 0.15) is 0 Å². The van der Waals surface area contributed by atoms with Crippen molar-refractivity contribution in [1.29, 1.82) is 0 Å². The summed E-state index contributed by atoms with van der Waals surface area (Å²) < 4.78 is 0. The van der Waals surface area contributed by atoms with E-state index in [1.54, 1.807) is 0 Å². The molecular weight excluding hydrogens is 236 g/mol. The summed E-state index contributed by atoms with van der Waals surface area (Å²) in [5.41, 5.74) is 1.30. The summed E-state index contributed by atoms with van der Waals surface area (Å²) in [6.45, 7) is 7.14. The van der Waals surface area contributed by atoms with Crippen LogP contribution in [0.4, 0.5) is 0 Å². The molecule has 1 heterocycles. The van der Waals surface area contributed by atoms with Crippen LogP contribution in [0.3, 0.4) is 0 Å². The van der Waals surface area contributed by atoms with E-state index in [0.717, 1.165) is 12.8 Å². The van der Waals surface area contributed by atoms with Crippen LogP contribution in [0.2, 0.25) is 0 Å². The van der Waals surface area contributed by atoms with Crippen molar-refractivity contribution in [2.24, 2.45) is 5.92 Å². The second kappa shape index (κ2) is 6.20. The van der Waals surface area contributed by atoms with Gasteiger partial charge in [-0.25, -0.2) is 0 Å². The molecule has 19 heavy (non-hydrogen) atoms. The van der Waals surface area contributed by atoms with Crippen LogP contribution in [0.5, 0.6) is 0 Å². The first kappa shape index (κ1) is 14.1. The second-order valence-electron chi connectivity index (χ2n) is 5.73. The van der Waals surface area contributed by atoms with Crippen LogP contribution in [0.1, 0.15) is 32.8 Å². The molecule has 3 heteroatoms. The minimum Gasteiger partial charge on any atom is -0.326 e. The van der Waals surface area contributed by atoms with Gasteiger partial charge in [0.2, 0.25) is 5.91 Å². The predicted molar refractivity (Wildman–Crippen MR) is 77.7 cm³/mol. The zero-order valence-electron chi connectivity index (χ0n) is 12.1. The topological polar surface area (TPSA) is 32.3 Å². The quantitative estimate of drug-likeness (QED) is 0.882. The van der Waals surface area contributed by atoms with Gasteiger partial charge in [0.25, 0.3) is 0 Å². The van der Waals surface area contributed by atoms with E-state index in [2.05, 4.69) is 38.2 Å². The van der Waals surface area contributed by atoms with E-state index in [-0.39, 0.29) is 11.9 Å². The molecule has 3 nitrogen and oxygen atoms in total. The molecule has 1 amide bonds. The van der Waals surface area contributed by atoms with E-state index in [1.165, 1.54) is 5.56 Å². The first-order chi connectivity index (χ1) is 9.09. The van der Waals surface area contributed by atoms with Gasteiger partial charge in [-0.3, -0.25) is 10.1 Å². The van der Waals surface area contributed by atoms with Crippen LogP contribution < -0.4 is 5.32 Å². The van der Waals surface area contributed by atoms with Gasteiger partial charge in [0, 0.05) is 6.04 Å². The van der Waals surface area contributed by atoms with Crippen molar-refractivity contribution in [2.45, 2.75) is 45.7 Å². The third-order valence-corrected chi connectivity index (χ3v) is 4.11. The van der Waals surface area contributed by atoms with Gasteiger partial charge in [-0.15, -0.1) is 0 Å². The Morgan fingerprint density at radius 3 is 2.58 bits per heavy atom. The Balaban J connectivity index is 1.88. The Morgan fingerprint density at radius 2 is 1.95 bits per heavy atom. The van der Waals surface area contributed by atoms with E-state index in [9.17, 15) is 4.79 Å². The molecule has 2 rings (SSSR count). The summed E-state index contributed by atoms with van der Waals surface area (Å²) in [5.74, 6) is 0.760. The van der Waals surface area contributed by atoms with E-state index in [0.29, 0.717) is 18.6 Å². The van der Waals surface area contributed by atoms with Gasteiger partial charge < -0.3 is 4.90 Å². The Bertz CT molecular complexity index is 416. The van der Waals surface area contributed by atoms with Crippen LogP contribution in [0.15, 0.2) is 30.3 Å². The highest BCUT2D eigenvalue weighted by Gasteiger charge is 2.34. The Kier molecular flexibility index (Phi) is 4.59. The van der Waals surface area contributed by atoms with Crippen molar-refractivity contribution in [3.05, 3.63) is 35.9 Å². The van der Waals surface area contributed by atoms with Crippen molar-refractivity contribution in [2.75, 3.05) is 6.67 Å². The summed E-state index contributed by atoms with van der Waals surface area (Å²) in [7, 11) is 0. The van der Waals surface area contributed by atoms with Crippen molar-refractivity contribution in [3.8, 4) is 0 Å². The first-order valence-electron chi connectivity index (χ1n) is 7.17. The molecule has 0 spiro atoms. The van der Waals surface area contributed by atoms with Gasteiger partial charge in [-0.1, -0.05) is 44.2 Å². The molecule has 1 saturated heterocycles. The molecule has 104 valence electrons. The van der Waals surface area contributed by atoms with E-state index < -0.39 is 0 Å². The third kappa shape index (κ3) is 3.35. The van der Waals surface area contributed by atoms with Crippen LogP contribution >= 0.6 is 0 Å². The lowest BCUT2D eigenvalue weighted by molar-refractivity contribution is -0.131. The fourth-order valence-corrected chi connectivity index (χ4v) is 2.46. The number of carbonyl (C=O) groups is 1. The minimum absolute atomic E-state index is 0.0126. The van der Waals surface area contributed by atoms with Gasteiger partial charge in [-0.2, -0.15) is 0 Å². The summed E-state index contributed by atoms with van der Waals surface area (Å²) >= 11 is 0. The average Bonchev–Trinajstić information content (AvgIpc) is 2.78. The van der Waals surface area contributed by atoms with Crippen LogP contribution in [-0.4, -0.2) is 29.6 Å². The lowest BCUT2D eigenvalue weighted by atomic mass is 10.0. The van der Waals surface area contributed by atoms with Gasteiger partial charge >= 0.3 is 0 Å². The van der Waals surface area contributed by atoms with Gasteiger partial charge in [0.05, 0.1) is 12.7 Å². The molecule has 1 aliphatic rings. The standard InChI is InChI=1S/C16H24N2O/c1-12(2)13(3)18-11-17-15(16(18)19)10-9-14-7-5-4-6-8-14/h4-8,12-13,15,17H,9-11H2,1-3H3. The van der Waals surface area contributed by atoms with Gasteiger partial charge in [0.15, 0.2) is 0 Å². The second-order valence-corrected chi connectivity index (χ2v) is 5.73. The Hall–Kier alpha value is -1.35. The average molecular weight is 260 g/mol. The van der Waals surface area contributed by atoms with Crippen LogP contribution in [-0.2, 0) is 11.2 Å². The van der Waals surface area contributed by atoms with E-state index in [1.807, 2.05) is 23.1 Å². The maximum Gasteiger partial charge on any atom is 0.241 e. The molecule has 0 saturated carbocycles. The van der Waals surface area contributed by atoms with Crippen LogP contribution in [0.25, 0.3) is 0 Å². The molecule has 1 aromatic carbocycles. The molecule has 0 bridgehead atoms. The lowest BCUT2D eigenvalue weighted by Crippen LogP contribution is -2.39. The number of aryl methyl sites for hydroxylation is 1. The highest BCUT2D eigenvalue weighted by atomic mass is 16.2. The molecule has 0 aromatic heterocycles. The molecule has 2 atom stereocenters. The number of hydrogen-bond acceptors (Lipinski definition) is 2. The van der Waals surface area contributed by atoms with Crippen molar-refractivity contribution < 1.29 is 4.79 Å². The number of amides is 1. The fraction of sp³-hybridized carbons (Fsp3) is 0.562. The van der Waals surface area contributed by atoms with E-state index in [4.69, 9.17) is 0 Å². The normalized spacial score (nSPS) is 21.2. The zero-order valence-corrected chi connectivity index (χ0v) is 12.1. The lowest BCUT2D eigenvalue weighted by Gasteiger charge is -2.27. The van der Waals surface area contributed by atoms with Crippen molar-refractivity contribution in [3.63, 3.8) is 0 Å². The summed E-state index contributed by atoms with van der Waals surface area (Å²) in [4.78, 5) is 14.3. The number of rotatable bonds is 5. The van der Waals surface area contributed by atoms with Crippen molar-refractivity contribution >= 4 is 5.91 Å². The summed E-state index contributed by atoms with van der Waals surface area (Å²) in [6, 6.07) is 10.7. The first-order valence-corrected chi connectivity index (χ1v) is 7.17. The summed E-state index contributed by atoms with van der Waals surface area (Å²) in [6.07, 6.45) is 1.83. The number of nitrogens with zero attached hydrogens (tertiary/aromatic N) is 1. The molecular formula is C16H24N2O. The molecule has 0 aliphatic carbocycles. The minimum atomic E-state index is -0.0126. The molecule has 1 N–H and O–H groups in total. The molecule has 1 aromatic rings. The Labute approximate surface area is 116 Å². The SMILES string of the molecule is CC(C)C(C)N1CNC(CCc2ccccc2)C1=O. The number of carbonyl (C=O) groups excluding carboxylic acids is 1. The molecule has 1 aliphatic heterocycles.